The van der Waals surface area contributed by atoms with E-state index in [1.807, 2.05) is 12.1 Å². The summed E-state index contributed by atoms with van der Waals surface area (Å²) in [5.41, 5.74) is 4.56. The molecule has 0 bridgehead atoms. The van der Waals surface area contributed by atoms with E-state index in [0.717, 1.165) is 0 Å². The highest BCUT2D eigenvalue weighted by molar-refractivity contribution is 5.41. The van der Waals surface area contributed by atoms with Gasteiger partial charge in [0, 0.05) is 18.8 Å². The fraction of sp³-hybridized carbons (Fsp3) is 0.455. The van der Waals surface area contributed by atoms with Crippen LogP contribution in [0.5, 0.6) is 0 Å². The largest absolute Gasteiger partial charge is 0.319 e. The second-order valence-electron chi connectivity index (χ2n) is 3.45. The third-order valence-corrected chi connectivity index (χ3v) is 2.36. The van der Waals surface area contributed by atoms with Gasteiger partial charge in [-0.15, -0.1) is 0 Å². The molecule has 0 aliphatic carbocycles. The molecule has 1 aromatic rings. The van der Waals surface area contributed by atoms with Gasteiger partial charge in [0.15, 0.2) is 0 Å². The molecule has 0 saturated carbocycles. The van der Waals surface area contributed by atoms with E-state index in [9.17, 15) is 0 Å². The Balaban J connectivity index is 1.90. The SMILES string of the molecule is [c]1ccc(NN2CCCCC2)cc1. The van der Waals surface area contributed by atoms with Crippen LogP contribution in [0.25, 0.3) is 0 Å². The van der Waals surface area contributed by atoms with Gasteiger partial charge in [-0.2, -0.15) is 0 Å². The zero-order valence-electron chi connectivity index (χ0n) is 7.79. The van der Waals surface area contributed by atoms with Gasteiger partial charge in [-0.05, 0) is 31.0 Å². The van der Waals surface area contributed by atoms with E-state index in [0.29, 0.717) is 0 Å². The van der Waals surface area contributed by atoms with Gasteiger partial charge in [-0.1, -0.05) is 18.6 Å². The summed E-state index contributed by atoms with van der Waals surface area (Å²) in [4.78, 5) is 0. The molecule has 69 valence electrons. The summed E-state index contributed by atoms with van der Waals surface area (Å²) in [7, 11) is 0. The van der Waals surface area contributed by atoms with Crippen molar-refractivity contribution in [3.8, 4) is 0 Å². The van der Waals surface area contributed by atoms with Gasteiger partial charge in [0.25, 0.3) is 0 Å². The molecule has 2 heteroatoms. The Bertz CT molecular complexity index is 240. The van der Waals surface area contributed by atoms with E-state index in [1.165, 1.54) is 38.0 Å². The number of hydrazine groups is 1. The number of hydrogen-bond acceptors (Lipinski definition) is 2. The Kier molecular flexibility index (Phi) is 2.82. The van der Waals surface area contributed by atoms with Crippen LogP contribution in [-0.2, 0) is 0 Å². The van der Waals surface area contributed by atoms with Crippen molar-refractivity contribution in [3.05, 3.63) is 30.3 Å². The van der Waals surface area contributed by atoms with Gasteiger partial charge in [0.1, 0.15) is 0 Å². The zero-order valence-corrected chi connectivity index (χ0v) is 7.79. The summed E-state index contributed by atoms with van der Waals surface area (Å²) >= 11 is 0. The molecule has 2 rings (SSSR count). The second-order valence-corrected chi connectivity index (χ2v) is 3.45. The molecular formula is C11H15N2. The minimum absolute atomic E-state index is 1.17. The Morgan fingerprint density at radius 2 is 1.77 bits per heavy atom. The van der Waals surface area contributed by atoms with Crippen molar-refractivity contribution in [2.75, 3.05) is 18.5 Å². The molecule has 1 heterocycles. The van der Waals surface area contributed by atoms with Crippen LogP contribution in [0.2, 0.25) is 0 Å². The van der Waals surface area contributed by atoms with Crippen molar-refractivity contribution in [1.29, 1.82) is 0 Å². The lowest BCUT2D eigenvalue weighted by Crippen LogP contribution is -2.34. The number of nitrogens with one attached hydrogen (secondary N) is 1. The molecular weight excluding hydrogens is 160 g/mol. The Morgan fingerprint density at radius 1 is 1.08 bits per heavy atom. The maximum atomic E-state index is 3.39. The summed E-state index contributed by atoms with van der Waals surface area (Å²) in [5, 5.41) is 2.29. The van der Waals surface area contributed by atoms with Crippen LogP contribution in [-0.4, -0.2) is 18.1 Å². The van der Waals surface area contributed by atoms with E-state index in [4.69, 9.17) is 0 Å². The predicted octanol–water partition coefficient (Wildman–Crippen LogP) is 2.30. The normalized spacial score (nSPS) is 18.5. The van der Waals surface area contributed by atoms with Gasteiger partial charge in [0.2, 0.25) is 0 Å². The fourth-order valence-electron chi connectivity index (χ4n) is 1.65. The van der Waals surface area contributed by atoms with Crippen LogP contribution >= 0.6 is 0 Å². The standard InChI is InChI=1S/C11H15N2/c1-3-7-11(8-4-1)12-13-9-5-2-6-10-13/h3-4,7-8,12H,2,5-6,9-10H2. The van der Waals surface area contributed by atoms with Crippen molar-refractivity contribution in [1.82, 2.24) is 5.01 Å². The molecule has 1 radical (unpaired) electrons. The number of anilines is 1. The van der Waals surface area contributed by atoms with Gasteiger partial charge in [-0.3, -0.25) is 0 Å². The van der Waals surface area contributed by atoms with Crippen molar-refractivity contribution in [2.24, 2.45) is 0 Å². The van der Waals surface area contributed by atoms with E-state index in [2.05, 4.69) is 28.6 Å². The first-order valence-corrected chi connectivity index (χ1v) is 4.93. The molecule has 1 fully saturated rings. The molecule has 1 aliphatic rings. The summed E-state index contributed by atoms with van der Waals surface area (Å²) in [5.74, 6) is 0. The molecule has 1 aliphatic heterocycles. The van der Waals surface area contributed by atoms with Crippen molar-refractivity contribution in [3.63, 3.8) is 0 Å². The van der Waals surface area contributed by atoms with Gasteiger partial charge in [-0.25, -0.2) is 5.01 Å². The molecule has 0 unspecified atom stereocenters. The highest BCUT2D eigenvalue weighted by Crippen LogP contribution is 2.11. The lowest BCUT2D eigenvalue weighted by molar-refractivity contribution is 0.273. The predicted molar refractivity (Wildman–Crippen MR) is 54.3 cm³/mol. The summed E-state index contributed by atoms with van der Waals surface area (Å²) in [6, 6.07) is 11.0. The van der Waals surface area contributed by atoms with Crippen LogP contribution in [0.15, 0.2) is 24.3 Å². The van der Waals surface area contributed by atoms with Gasteiger partial charge >= 0.3 is 0 Å². The number of piperidine rings is 1. The third-order valence-electron chi connectivity index (χ3n) is 2.36. The minimum atomic E-state index is 1.17. The molecule has 0 spiro atoms. The van der Waals surface area contributed by atoms with E-state index in [1.54, 1.807) is 0 Å². The first-order chi connectivity index (χ1) is 6.45. The lowest BCUT2D eigenvalue weighted by Gasteiger charge is -2.27. The monoisotopic (exact) mass is 175 g/mol. The van der Waals surface area contributed by atoms with Crippen molar-refractivity contribution >= 4 is 5.69 Å². The van der Waals surface area contributed by atoms with Crippen LogP contribution in [0.3, 0.4) is 0 Å². The zero-order chi connectivity index (χ0) is 8.93. The molecule has 1 aromatic carbocycles. The van der Waals surface area contributed by atoms with Crippen LogP contribution in [0.1, 0.15) is 19.3 Å². The highest BCUT2D eigenvalue weighted by Gasteiger charge is 2.08. The van der Waals surface area contributed by atoms with Crippen LogP contribution in [0, 0.1) is 6.07 Å². The number of benzene rings is 1. The van der Waals surface area contributed by atoms with Crippen LogP contribution in [0.4, 0.5) is 5.69 Å². The first-order valence-electron chi connectivity index (χ1n) is 4.93. The average Bonchev–Trinajstić information content (AvgIpc) is 2.21. The summed E-state index contributed by atoms with van der Waals surface area (Å²) in [6.07, 6.45) is 4.00. The smallest absolute Gasteiger partial charge is 0.0490 e. The number of hydrogen-bond donors (Lipinski definition) is 1. The molecule has 1 N–H and O–H groups in total. The third kappa shape index (κ3) is 2.46. The molecule has 0 atom stereocenters. The van der Waals surface area contributed by atoms with Crippen LogP contribution < -0.4 is 5.43 Å². The number of nitrogens with zero attached hydrogens (tertiary/aromatic N) is 1. The number of rotatable bonds is 2. The topological polar surface area (TPSA) is 15.3 Å². The van der Waals surface area contributed by atoms with E-state index >= 15 is 0 Å². The molecule has 1 saturated heterocycles. The highest BCUT2D eigenvalue weighted by atomic mass is 15.5. The Hall–Kier alpha value is -1.02. The van der Waals surface area contributed by atoms with Gasteiger partial charge < -0.3 is 5.43 Å². The maximum Gasteiger partial charge on any atom is 0.0490 e. The van der Waals surface area contributed by atoms with Gasteiger partial charge in [0.05, 0.1) is 0 Å². The summed E-state index contributed by atoms with van der Waals surface area (Å²) in [6.45, 7) is 2.33. The quantitative estimate of drug-likeness (QED) is 0.742. The minimum Gasteiger partial charge on any atom is -0.319 e. The van der Waals surface area contributed by atoms with E-state index in [-0.39, 0.29) is 0 Å². The second kappa shape index (κ2) is 4.28. The molecule has 0 amide bonds. The molecule has 13 heavy (non-hydrogen) atoms. The molecule has 0 aromatic heterocycles. The summed E-state index contributed by atoms with van der Waals surface area (Å²) < 4.78 is 0. The van der Waals surface area contributed by atoms with Crippen molar-refractivity contribution < 1.29 is 0 Å². The lowest BCUT2D eigenvalue weighted by atomic mass is 10.2. The molecule has 2 nitrogen and oxygen atoms in total. The Labute approximate surface area is 79.5 Å². The Morgan fingerprint density at radius 3 is 2.46 bits per heavy atom. The maximum absolute atomic E-state index is 3.39. The van der Waals surface area contributed by atoms with E-state index < -0.39 is 0 Å². The fourth-order valence-corrected chi connectivity index (χ4v) is 1.65. The van der Waals surface area contributed by atoms with Crippen molar-refractivity contribution in [2.45, 2.75) is 19.3 Å². The first kappa shape index (κ1) is 8.57. The average molecular weight is 175 g/mol.